The quantitative estimate of drug-likeness (QED) is 0.807. The minimum absolute atomic E-state index is 0.516. The van der Waals surface area contributed by atoms with Crippen LogP contribution in [0.25, 0.3) is 22.3 Å². The number of para-hydroxylation sites is 1. The number of hydrogen-bond acceptors (Lipinski definition) is 4. The Kier molecular flexibility index (Phi) is 3.31. The van der Waals surface area contributed by atoms with Crippen molar-refractivity contribution in [3.8, 4) is 11.4 Å². The van der Waals surface area contributed by atoms with Crippen molar-refractivity contribution < 1.29 is 8.42 Å². The van der Waals surface area contributed by atoms with Gasteiger partial charge < -0.3 is 0 Å². The highest BCUT2D eigenvalue weighted by atomic mass is 32.2. The van der Waals surface area contributed by atoms with Crippen LogP contribution in [0.3, 0.4) is 0 Å². The molecule has 1 aromatic heterocycles. The summed E-state index contributed by atoms with van der Waals surface area (Å²) in [6.07, 6.45) is 2.90. The van der Waals surface area contributed by atoms with Gasteiger partial charge in [-0.05, 0) is 30.3 Å². The highest BCUT2D eigenvalue weighted by Gasteiger charge is 2.05. The van der Waals surface area contributed by atoms with Crippen LogP contribution >= 0.6 is 0 Å². The lowest BCUT2D eigenvalue weighted by Crippen LogP contribution is -2.09. The van der Waals surface area contributed by atoms with Crippen molar-refractivity contribution in [1.82, 2.24) is 9.97 Å². The number of aromatic nitrogens is 2. The molecule has 6 heteroatoms. The van der Waals surface area contributed by atoms with Crippen molar-refractivity contribution in [2.24, 2.45) is 0 Å². The molecule has 3 rings (SSSR count). The molecule has 0 atom stereocenters. The number of nitrogens with zero attached hydrogens (tertiary/aromatic N) is 2. The standard InChI is InChI=1S/C15H13N3O2S/c1-21(19,20)18-13-8-6-11(7-9-13)15-16-10-12-4-2-3-5-14(12)17-15/h2-10,18H,1H3. The SMILES string of the molecule is CS(=O)(=O)Nc1ccc(-c2ncc3ccccc3n2)cc1. The number of fused-ring (bicyclic) bond motifs is 1. The van der Waals surface area contributed by atoms with E-state index in [2.05, 4.69) is 14.7 Å². The summed E-state index contributed by atoms with van der Waals surface area (Å²) in [6, 6.07) is 14.7. The maximum atomic E-state index is 11.2. The first kappa shape index (κ1) is 13.5. The first-order chi connectivity index (χ1) is 10.0. The normalized spacial score (nSPS) is 11.5. The zero-order chi connectivity index (χ0) is 14.9. The molecule has 2 aromatic carbocycles. The maximum Gasteiger partial charge on any atom is 0.229 e. The average Bonchev–Trinajstić information content (AvgIpc) is 2.46. The summed E-state index contributed by atoms with van der Waals surface area (Å²) in [5, 5.41) is 0.983. The summed E-state index contributed by atoms with van der Waals surface area (Å²) in [5.41, 5.74) is 2.22. The Morgan fingerprint density at radius 3 is 2.43 bits per heavy atom. The molecule has 0 aliphatic rings. The molecule has 0 radical (unpaired) electrons. The number of nitrogens with one attached hydrogen (secondary N) is 1. The first-order valence-corrected chi connectivity index (χ1v) is 8.20. The molecule has 1 heterocycles. The Bertz CT molecular complexity index is 890. The molecule has 0 spiro atoms. The fourth-order valence-corrected chi connectivity index (χ4v) is 2.58. The van der Waals surface area contributed by atoms with Gasteiger partial charge in [0.05, 0.1) is 11.8 Å². The Morgan fingerprint density at radius 1 is 1.00 bits per heavy atom. The molecule has 106 valence electrons. The molecule has 5 nitrogen and oxygen atoms in total. The Balaban J connectivity index is 1.95. The zero-order valence-corrected chi connectivity index (χ0v) is 12.1. The molecular weight excluding hydrogens is 286 g/mol. The molecule has 1 N–H and O–H groups in total. The minimum Gasteiger partial charge on any atom is -0.284 e. The predicted molar refractivity (Wildman–Crippen MR) is 83.4 cm³/mol. The molecular formula is C15H13N3O2S. The molecule has 0 saturated carbocycles. The molecule has 0 aliphatic heterocycles. The third-order valence-corrected chi connectivity index (χ3v) is 3.54. The van der Waals surface area contributed by atoms with Gasteiger partial charge in [0.2, 0.25) is 10.0 Å². The van der Waals surface area contributed by atoms with Crippen LogP contribution in [-0.4, -0.2) is 24.6 Å². The average molecular weight is 299 g/mol. The van der Waals surface area contributed by atoms with Crippen molar-refractivity contribution >= 4 is 26.6 Å². The van der Waals surface area contributed by atoms with E-state index in [1.54, 1.807) is 30.5 Å². The molecule has 0 aliphatic carbocycles. The van der Waals surface area contributed by atoms with E-state index in [9.17, 15) is 8.42 Å². The van der Waals surface area contributed by atoms with Gasteiger partial charge in [0, 0.05) is 22.8 Å². The van der Waals surface area contributed by atoms with E-state index in [4.69, 9.17) is 0 Å². The fourth-order valence-electron chi connectivity index (χ4n) is 2.01. The van der Waals surface area contributed by atoms with E-state index >= 15 is 0 Å². The molecule has 21 heavy (non-hydrogen) atoms. The van der Waals surface area contributed by atoms with Crippen molar-refractivity contribution in [2.45, 2.75) is 0 Å². The second-order valence-corrected chi connectivity index (χ2v) is 6.45. The van der Waals surface area contributed by atoms with Crippen molar-refractivity contribution in [3.05, 3.63) is 54.7 Å². The molecule has 0 fully saturated rings. The summed E-state index contributed by atoms with van der Waals surface area (Å²) in [4.78, 5) is 8.83. The van der Waals surface area contributed by atoms with Crippen molar-refractivity contribution in [1.29, 1.82) is 0 Å². The maximum absolute atomic E-state index is 11.2. The smallest absolute Gasteiger partial charge is 0.229 e. The lowest BCUT2D eigenvalue weighted by atomic mass is 10.2. The predicted octanol–water partition coefficient (Wildman–Crippen LogP) is 2.67. The lowest BCUT2D eigenvalue weighted by molar-refractivity contribution is 0.607. The number of benzene rings is 2. The molecule has 0 bridgehead atoms. The van der Waals surface area contributed by atoms with Crippen molar-refractivity contribution in [2.75, 3.05) is 11.0 Å². The summed E-state index contributed by atoms with van der Waals surface area (Å²) < 4.78 is 24.8. The van der Waals surface area contributed by atoms with Crippen LogP contribution in [-0.2, 0) is 10.0 Å². The van der Waals surface area contributed by atoms with E-state index in [0.29, 0.717) is 11.5 Å². The van der Waals surface area contributed by atoms with Crippen LogP contribution in [0.5, 0.6) is 0 Å². The van der Waals surface area contributed by atoms with Gasteiger partial charge >= 0.3 is 0 Å². The summed E-state index contributed by atoms with van der Waals surface area (Å²) in [7, 11) is -3.26. The number of anilines is 1. The lowest BCUT2D eigenvalue weighted by Gasteiger charge is -2.05. The summed E-state index contributed by atoms with van der Waals surface area (Å²) in [6.45, 7) is 0. The molecule has 0 unspecified atom stereocenters. The second-order valence-electron chi connectivity index (χ2n) is 4.70. The molecule has 0 amide bonds. The zero-order valence-electron chi connectivity index (χ0n) is 11.3. The second kappa shape index (κ2) is 5.14. The van der Waals surface area contributed by atoms with E-state index in [1.165, 1.54) is 0 Å². The summed E-state index contributed by atoms with van der Waals surface area (Å²) in [5.74, 6) is 0.611. The third kappa shape index (κ3) is 3.17. The third-order valence-electron chi connectivity index (χ3n) is 2.94. The van der Waals surface area contributed by atoms with Gasteiger partial charge in [-0.2, -0.15) is 0 Å². The number of rotatable bonds is 3. The molecule has 0 saturated heterocycles. The first-order valence-electron chi connectivity index (χ1n) is 6.31. The highest BCUT2D eigenvalue weighted by molar-refractivity contribution is 7.92. The van der Waals surface area contributed by atoms with Crippen LogP contribution in [0.1, 0.15) is 0 Å². The van der Waals surface area contributed by atoms with E-state index in [0.717, 1.165) is 22.7 Å². The number of sulfonamides is 1. The van der Waals surface area contributed by atoms with Gasteiger partial charge in [0.15, 0.2) is 5.82 Å². The highest BCUT2D eigenvalue weighted by Crippen LogP contribution is 2.20. The summed E-state index contributed by atoms with van der Waals surface area (Å²) >= 11 is 0. The Labute approximate surface area is 122 Å². The van der Waals surface area contributed by atoms with Gasteiger partial charge in [-0.15, -0.1) is 0 Å². The van der Waals surface area contributed by atoms with Gasteiger partial charge in [0.25, 0.3) is 0 Å². The Hall–Kier alpha value is -2.47. The topological polar surface area (TPSA) is 72.0 Å². The van der Waals surface area contributed by atoms with Crippen LogP contribution in [0.15, 0.2) is 54.7 Å². The fraction of sp³-hybridized carbons (Fsp3) is 0.0667. The van der Waals surface area contributed by atoms with Crippen LogP contribution in [0.2, 0.25) is 0 Å². The Morgan fingerprint density at radius 2 is 1.71 bits per heavy atom. The van der Waals surface area contributed by atoms with E-state index in [-0.39, 0.29) is 0 Å². The van der Waals surface area contributed by atoms with Gasteiger partial charge in [-0.3, -0.25) is 4.72 Å². The van der Waals surface area contributed by atoms with E-state index < -0.39 is 10.0 Å². The largest absolute Gasteiger partial charge is 0.284 e. The monoisotopic (exact) mass is 299 g/mol. The molecule has 3 aromatic rings. The van der Waals surface area contributed by atoms with Crippen molar-refractivity contribution in [3.63, 3.8) is 0 Å². The van der Waals surface area contributed by atoms with Gasteiger partial charge in [0.1, 0.15) is 0 Å². The van der Waals surface area contributed by atoms with Crippen LogP contribution in [0, 0.1) is 0 Å². The van der Waals surface area contributed by atoms with E-state index in [1.807, 2.05) is 24.3 Å². The number of hydrogen-bond donors (Lipinski definition) is 1. The van der Waals surface area contributed by atoms with Gasteiger partial charge in [-0.25, -0.2) is 18.4 Å². The van der Waals surface area contributed by atoms with Crippen LogP contribution < -0.4 is 4.72 Å². The van der Waals surface area contributed by atoms with Crippen LogP contribution in [0.4, 0.5) is 5.69 Å². The minimum atomic E-state index is -3.26. The van der Waals surface area contributed by atoms with Gasteiger partial charge in [-0.1, -0.05) is 18.2 Å².